The van der Waals surface area contributed by atoms with Crippen LogP contribution >= 0.6 is 0 Å². The maximum atomic E-state index is 13.3. The van der Waals surface area contributed by atoms with E-state index in [1.54, 1.807) is 19.2 Å². The zero-order chi connectivity index (χ0) is 20.4. The van der Waals surface area contributed by atoms with Crippen LogP contribution in [0.5, 0.6) is 5.75 Å². The summed E-state index contributed by atoms with van der Waals surface area (Å²) < 4.78 is 32.9. The monoisotopic (exact) mass is 413 g/mol. The van der Waals surface area contributed by atoms with Crippen LogP contribution in [0, 0.1) is 0 Å². The number of hydrogen-bond acceptors (Lipinski definition) is 7. The summed E-state index contributed by atoms with van der Waals surface area (Å²) in [6, 6.07) is 13.8. The molecular formula is C20H23N5O3S. The minimum Gasteiger partial charge on any atom is -0.497 e. The Morgan fingerprint density at radius 1 is 1.03 bits per heavy atom. The molecule has 1 aliphatic heterocycles. The van der Waals surface area contributed by atoms with Gasteiger partial charge in [0.2, 0.25) is 5.95 Å². The van der Waals surface area contributed by atoms with Crippen molar-refractivity contribution in [2.75, 3.05) is 49.5 Å². The number of benzene rings is 2. The highest BCUT2D eigenvalue weighted by Gasteiger charge is 2.26. The summed E-state index contributed by atoms with van der Waals surface area (Å²) in [5, 5.41) is 3.99. The number of sulfonamides is 1. The molecule has 2 heterocycles. The van der Waals surface area contributed by atoms with Gasteiger partial charge in [-0.05, 0) is 36.4 Å². The van der Waals surface area contributed by atoms with Crippen LogP contribution in [0.1, 0.15) is 0 Å². The first-order valence-corrected chi connectivity index (χ1v) is 10.8. The summed E-state index contributed by atoms with van der Waals surface area (Å²) in [6.07, 6.45) is 0. The molecule has 0 amide bonds. The molecule has 152 valence electrons. The lowest BCUT2D eigenvalue weighted by atomic mass is 10.2. The smallest absolute Gasteiger partial charge is 0.265 e. The molecule has 0 aliphatic carbocycles. The van der Waals surface area contributed by atoms with E-state index in [0.717, 1.165) is 26.2 Å². The van der Waals surface area contributed by atoms with Crippen molar-refractivity contribution in [1.82, 2.24) is 15.3 Å². The van der Waals surface area contributed by atoms with Gasteiger partial charge in [0, 0.05) is 38.6 Å². The van der Waals surface area contributed by atoms with Crippen LogP contribution in [0.25, 0.3) is 10.9 Å². The van der Waals surface area contributed by atoms with E-state index in [-0.39, 0.29) is 4.90 Å². The first-order chi connectivity index (χ1) is 14.0. The third-order valence-corrected chi connectivity index (χ3v) is 6.75. The molecule has 2 aromatic carbocycles. The number of nitrogens with zero attached hydrogens (tertiary/aromatic N) is 4. The van der Waals surface area contributed by atoms with Gasteiger partial charge in [0.15, 0.2) is 5.82 Å². The average Bonchev–Trinajstić information content (AvgIpc) is 2.78. The average molecular weight is 414 g/mol. The number of nitrogens with one attached hydrogen (secondary N) is 1. The summed E-state index contributed by atoms with van der Waals surface area (Å²) in [5.74, 6) is 1.50. The number of hydrogen-bond donors (Lipinski definition) is 1. The van der Waals surface area contributed by atoms with Crippen molar-refractivity contribution in [3.05, 3.63) is 48.5 Å². The van der Waals surface area contributed by atoms with Gasteiger partial charge in [-0.1, -0.05) is 12.1 Å². The van der Waals surface area contributed by atoms with E-state index in [0.29, 0.717) is 28.4 Å². The van der Waals surface area contributed by atoms with Crippen molar-refractivity contribution < 1.29 is 13.2 Å². The fraction of sp³-hybridized carbons (Fsp3) is 0.300. The first kappa shape index (κ1) is 19.4. The Kier molecular flexibility index (Phi) is 5.25. The van der Waals surface area contributed by atoms with E-state index in [9.17, 15) is 8.42 Å². The molecule has 1 aliphatic rings. The lowest BCUT2D eigenvalue weighted by Crippen LogP contribution is -2.44. The molecule has 0 radical (unpaired) electrons. The summed E-state index contributed by atoms with van der Waals surface area (Å²) in [6.45, 7) is 3.22. The molecule has 0 bridgehead atoms. The second-order valence-electron chi connectivity index (χ2n) is 6.75. The number of aromatic nitrogens is 2. The summed E-state index contributed by atoms with van der Waals surface area (Å²) in [5.41, 5.74) is 0.711. The van der Waals surface area contributed by atoms with Gasteiger partial charge in [0.1, 0.15) is 5.75 Å². The maximum absolute atomic E-state index is 13.3. The van der Waals surface area contributed by atoms with Crippen LogP contribution < -0.4 is 19.3 Å². The molecule has 8 nitrogen and oxygen atoms in total. The molecule has 3 aromatic rings. The largest absolute Gasteiger partial charge is 0.497 e. The molecule has 0 atom stereocenters. The van der Waals surface area contributed by atoms with Gasteiger partial charge >= 0.3 is 0 Å². The summed E-state index contributed by atoms with van der Waals surface area (Å²) >= 11 is 0. The Hall–Kier alpha value is -2.91. The Labute approximate surface area is 170 Å². The maximum Gasteiger partial charge on any atom is 0.265 e. The van der Waals surface area contributed by atoms with Crippen LogP contribution in [0.4, 0.5) is 11.8 Å². The fourth-order valence-electron chi connectivity index (χ4n) is 3.31. The summed E-state index contributed by atoms with van der Waals surface area (Å²) in [7, 11) is -0.734. The van der Waals surface area contributed by atoms with Crippen LogP contribution in [0.15, 0.2) is 53.4 Å². The number of ether oxygens (including phenoxy) is 1. The Bertz CT molecular complexity index is 1110. The molecule has 1 saturated heterocycles. The molecule has 4 rings (SSSR count). The van der Waals surface area contributed by atoms with Crippen LogP contribution in [-0.2, 0) is 10.0 Å². The second-order valence-corrected chi connectivity index (χ2v) is 8.72. The molecule has 0 unspecified atom stereocenters. The van der Waals surface area contributed by atoms with Crippen LogP contribution in [0.3, 0.4) is 0 Å². The van der Waals surface area contributed by atoms with E-state index in [4.69, 9.17) is 4.74 Å². The van der Waals surface area contributed by atoms with E-state index >= 15 is 0 Å². The molecule has 1 N–H and O–H groups in total. The molecule has 29 heavy (non-hydrogen) atoms. The molecule has 0 saturated carbocycles. The molecule has 9 heteroatoms. The number of piperazine rings is 1. The van der Waals surface area contributed by atoms with E-state index in [1.807, 2.05) is 24.3 Å². The number of para-hydroxylation sites is 1. The van der Waals surface area contributed by atoms with Crippen molar-refractivity contribution in [3.8, 4) is 5.75 Å². The van der Waals surface area contributed by atoms with Gasteiger partial charge in [0.05, 0.1) is 17.5 Å². The van der Waals surface area contributed by atoms with Crippen molar-refractivity contribution in [2.24, 2.45) is 0 Å². The quantitative estimate of drug-likeness (QED) is 0.683. The number of rotatable bonds is 5. The Morgan fingerprint density at radius 3 is 2.41 bits per heavy atom. The Morgan fingerprint density at radius 2 is 1.72 bits per heavy atom. The van der Waals surface area contributed by atoms with Crippen molar-refractivity contribution in [2.45, 2.75) is 4.90 Å². The second kappa shape index (κ2) is 7.84. The predicted octanol–water partition coefficient (Wildman–Crippen LogP) is 1.87. The molecule has 1 aromatic heterocycles. The first-order valence-electron chi connectivity index (χ1n) is 9.36. The van der Waals surface area contributed by atoms with E-state index < -0.39 is 10.0 Å². The molecular weight excluding hydrogens is 390 g/mol. The lowest BCUT2D eigenvalue weighted by Gasteiger charge is -2.29. The van der Waals surface area contributed by atoms with Gasteiger partial charge in [-0.25, -0.2) is 13.4 Å². The minimum absolute atomic E-state index is 0.173. The summed E-state index contributed by atoms with van der Waals surface area (Å²) in [4.78, 5) is 11.6. The number of anilines is 2. The van der Waals surface area contributed by atoms with Gasteiger partial charge in [0.25, 0.3) is 10.0 Å². The van der Waals surface area contributed by atoms with Crippen LogP contribution in [0.2, 0.25) is 0 Å². The molecule has 1 fully saturated rings. The van der Waals surface area contributed by atoms with Crippen molar-refractivity contribution in [1.29, 1.82) is 0 Å². The van der Waals surface area contributed by atoms with Gasteiger partial charge in [-0.3, -0.25) is 4.31 Å². The highest BCUT2D eigenvalue weighted by Crippen LogP contribution is 2.30. The zero-order valence-corrected chi connectivity index (χ0v) is 17.2. The SMILES string of the molecule is COc1ccc(S(=O)(=O)N(C)c2nc(N3CCNCC3)nc3ccccc23)cc1. The lowest BCUT2D eigenvalue weighted by molar-refractivity contribution is 0.414. The third kappa shape index (κ3) is 3.70. The van der Waals surface area contributed by atoms with Gasteiger partial charge < -0.3 is 15.0 Å². The van der Waals surface area contributed by atoms with Gasteiger partial charge in [-0.15, -0.1) is 0 Å². The number of methoxy groups -OCH3 is 1. The van der Waals surface area contributed by atoms with E-state index in [1.165, 1.54) is 23.5 Å². The van der Waals surface area contributed by atoms with Gasteiger partial charge in [-0.2, -0.15) is 4.98 Å². The highest BCUT2D eigenvalue weighted by molar-refractivity contribution is 7.92. The fourth-order valence-corrected chi connectivity index (χ4v) is 4.48. The number of fused-ring (bicyclic) bond motifs is 1. The minimum atomic E-state index is -3.80. The zero-order valence-electron chi connectivity index (χ0n) is 16.4. The van der Waals surface area contributed by atoms with E-state index in [2.05, 4.69) is 20.2 Å². The Balaban J connectivity index is 1.80. The predicted molar refractivity (Wildman–Crippen MR) is 113 cm³/mol. The normalized spacial score (nSPS) is 14.8. The van der Waals surface area contributed by atoms with Crippen molar-refractivity contribution in [3.63, 3.8) is 0 Å². The highest BCUT2D eigenvalue weighted by atomic mass is 32.2. The third-order valence-electron chi connectivity index (χ3n) is 4.99. The van der Waals surface area contributed by atoms with Crippen molar-refractivity contribution >= 4 is 32.7 Å². The topological polar surface area (TPSA) is 87.7 Å². The molecule has 0 spiro atoms. The standard InChI is InChI=1S/C20H23N5O3S/c1-24(29(26,27)16-9-7-15(28-2)8-10-16)19-17-5-3-4-6-18(17)22-20(23-19)25-13-11-21-12-14-25/h3-10,21H,11-14H2,1-2H3. The van der Waals surface area contributed by atoms with Crippen LogP contribution in [-0.4, -0.2) is 58.7 Å².